The summed E-state index contributed by atoms with van der Waals surface area (Å²) in [6.07, 6.45) is 3.77. The Morgan fingerprint density at radius 3 is 1.31 bits per heavy atom. The van der Waals surface area contributed by atoms with E-state index in [1.54, 1.807) is 48.5 Å². The average molecular weight is 523 g/mol. The minimum atomic E-state index is -0.162. The molecule has 0 radical (unpaired) electrons. The number of hydrogen-bond acceptors (Lipinski definition) is 6. The first-order valence-electron chi connectivity index (χ1n) is 11.5. The number of carbonyl (C=O) groups excluding carboxylic acids is 2. The summed E-state index contributed by atoms with van der Waals surface area (Å²) >= 11 is 11.9. The lowest BCUT2D eigenvalue weighted by Gasteiger charge is -2.34. The molecule has 0 atom stereocenters. The Morgan fingerprint density at radius 2 is 0.972 bits per heavy atom. The number of benzene rings is 2. The van der Waals surface area contributed by atoms with Gasteiger partial charge in [0.2, 0.25) is 0 Å². The fourth-order valence-corrected chi connectivity index (χ4v) is 4.46. The Hall–Kier alpha value is -3.62. The van der Waals surface area contributed by atoms with Crippen molar-refractivity contribution >= 4 is 57.8 Å². The van der Waals surface area contributed by atoms with Gasteiger partial charge in [-0.25, -0.2) is 0 Å². The van der Waals surface area contributed by atoms with Gasteiger partial charge in [0.25, 0.3) is 11.8 Å². The predicted octanol–water partition coefficient (Wildman–Crippen LogP) is 4.52. The van der Waals surface area contributed by atoms with Crippen LogP contribution in [0, 0.1) is 0 Å². The molecule has 10 heteroatoms. The molecule has 8 nitrogen and oxygen atoms in total. The van der Waals surface area contributed by atoms with Gasteiger partial charge in [0.15, 0.2) is 0 Å². The number of hydrazone groups is 2. The van der Waals surface area contributed by atoms with E-state index < -0.39 is 0 Å². The maximum atomic E-state index is 13.0. The van der Waals surface area contributed by atoms with Crippen LogP contribution < -0.4 is 10.0 Å². The van der Waals surface area contributed by atoms with E-state index in [9.17, 15) is 9.59 Å². The summed E-state index contributed by atoms with van der Waals surface area (Å²) in [7, 11) is 0. The van der Waals surface area contributed by atoms with Gasteiger partial charge in [-0.1, -0.05) is 23.2 Å². The Kier molecular flexibility index (Phi) is 6.55. The van der Waals surface area contributed by atoms with Gasteiger partial charge in [-0.15, -0.1) is 0 Å². The van der Waals surface area contributed by atoms with Crippen molar-refractivity contribution < 1.29 is 9.59 Å². The zero-order valence-electron chi connectivity index (χ0n) is 19.9. The summed E-state index contributed by atoms with van der Waals surface area (Å²) in [6.45, 7) is 6.50. The average Bonchev–Trinajstić information content (AvgIpc) is 3.31. The highest BCUT2D eigenvalue weighted by Crippen LogP contribution is 2.27. The Bertz CT molecular complexity index is 1220. The number of nitrogens with zero attached hydrogens (tertiary/aromatic N) is 6. The Morgan fingerprint density at radius 1 is 0.639 bits per heavy atom. The van der Waals surface area contributed by atoms with Crippen LogP contribution in [0.3, 0.4) is 0 Å². The van der Waals surface area contributed by atoms with Gasteiger partial charge in [-0.2, -0.15) is 20.2 Å². The topological polar surface area (TPSA) is 71.8 Å². The van der Waals surface area contributed by atoms with E-state index in [4.69, 9.17) is 23.2 Å². The minimum absolute atomic E-state index is 0.162. The second kappa shape index (κ2) is 9.79. The fraction of sp³-hybridized carbons (Fsp3) is 0.231. The van der Waals surface area contributed by atoms with Crippen LogP contribution in [0.4, 0.5) is 11.4 Å². The standard InChI is InChI=1S/C26H24Cl2N6O2/c1-17-23(25(35)33(29-17)21-7-3-19(27)4-8-21)15-31-11-13-32(14-12-31)16-24-18(2)30-34(26(24)36)22-9-5-20(28)6-10-22/h3-10,15-16H,11-14H2,1-2H3/b23-15+,24-16+. The van der Waals surface area contributed by atoms with Crippen LogP contribution >= 0.6 is 23.2 Å². The molecule has 0 aromatic heterocycles. The lowest BCUT2D eigenvalue weighted by molar-refractivity contribution is -0.115. The number of halogens is 2. The smallest absolute Gasteiger partial charge is 0.282 e. The highest BCUT2D eigenvalue weighted by Gasteiger charge is 2.31. The summed E-state index contributed by atoms with van der Waals surface area (Å²) in [5.41, 5.74) is 3.84. The molecule has 0 bridgehead atoms. The first-order valence-corrected chi connectivity index (χ1v) is 12.3. The largest absolute Gasteiger partial charge is 0.373 e. The number of rotatable bonds is 4. The summed E-state index contributed by atoms with van der Waals surface area (Å²) in [5, 5.41) is 12.9. The van der Waals surface area contributed by atoms with Crippen molar-refractivity contribution in [1.82, 2.24) is 9.80 Å². The van der Waals surface area contributed by atoms with Crippen LogP contribution in [0.25, 0.3) is 0 Å². The summed E-state index contributed by atoms with van der Waals surface area (Å²) in [4.78, 5) is 30.2. The summed E-state index contributed by atoms with van der Waals surface area (Å²) in [6, 6.07) is 14.0. The third kappa shape index (κ3) is 4.74. The molecule has 36 heavy (non-hydrogen) atoms. The van der Waals surface area contributed by atoms with Crippen molar-refractivity contribution in [2.24, 2.45) is 10.2 Å². The van der Waals surface area contributed by atoms with Crippen molar-refractivity contribution in [2.45, 2.75) is 13.8 Å². The van der Waals surface area contributed by atoms with Gasteiger partial charge in [0, 0.05) is 48.6 Å². The van der Waals surface area contributed by atoms with Crippen LogP contribution in [0.1, 0.15) is 13.8 Å². The fourth-order valence-electron chi connectivity index (χ4n) is 4.21. The highest BCUT2D eigenvalue weighted by atomic mass is 35.5. The first kappa shape index (κ1) is 24.1. The van der Waals surface area contributed by atoms with Crippen LogP contribution in [-0.4, -0.2) is 59.2 Å². The first-order chi connectivity index (χ1) is 17.3. The highest BCUT2D eigenvalue weighted by molar-refractivity contribution is 6.32. The van der Waals surface area contributed by atoms with Crippen molar-refractivity contribution in [1.29, 1.82) is 0 Å². The van der Waals surface area contributed by atoms with Crippen LogP contribution in [0.2, 0.25) is 10.0 Å². The number of anilines is 2. The molecule has 1 fully saturated rings. The van der Waals surface area contributed by atoms with Crippen molar-refractivity contribution in [3.8, 4) is 0 Å². The van der Waals surface area contributed by atoms with E-state index >= 15 is 0 Å². The second-order valence-electron chi connectivity index (χ2n) is 8.72. The number of amides is 2. The van der Waals surface area contributed by atoms with Gasteiger partial charge in [-0.05, 0) is 62.4 Å². The molecule has 0 spiro atoms. The summed E-state index contributed by atoms with van der Waals surface area (Å²) in [5.74, 6) is -0.324. The zero-order valence-corrected chi connectivity index (χ0v) is 21.4. The van der Waals surface area contributed by atoms with Crippen molar-refractivity contribution in [2.75, 3.05) is 36.2 Å². The maximum Gasteiger partial charge on any atom is 0.282 e. The van der Waals surface area contributed by atoms with E-state index in [0.29, 0.717) is 70.2 Å². The predicted molar refractivity (Wildman–Crippen MR) is 143 cm³/mol. The monoisotopic (exact) mass is 522 g/mol. The number of hydrogen-bond donors (Lipinski definition) is 0. The summed E-state index contributed by atoms with van der Waals surface area (Å²) < 4.78 is 0. The molecule has 0 saturated carbocycles. The van der Waals surface area contributed by atoms with Crippen LogP contribution in [-0.2, 0) is 9.59 Å². The molecule has 3 aliphatic rings. The van der Waals surface area contributed by atoms with Gasteiger partial charge >= 0.3 is 0 Å². The number of piperazine rings is 1. The second-order valence-corrected chi connectivity index (χ2v) is 9.59. The molecule has 3 aliphatic heterocycles. The molecule has 0 unspecified atom stereocenters. The van der Waals surface area contributed by atoms with Crippen molar-refractivity contribution in [3.05, 3.63) is 82.1 Å². The van der Waals surface area contributed by atoms with Gasteiger partial charge in [-0.3, -0.25) is 9.59 Å². The van der Waals surface area contributed by atoms with Gasteiger partial charge < -0.3 is 9.80 Å². The molecule has 184 valence electrons. The molecular formula is C26H24Cl2N6O2. The van der Waals surface area contributed by atoms with E-state index in [2.05, 4.69) is 20.0 Å². The molecule has 3 heterocycles. The lowest BCUT2D eigenvalue weighted by Crippen LogP contribution is -2.42. The van der Waals surface area contributed by atoms with E-state index in [1.165, 1.54) is 10.0 Å². The minimum Gasteiger partial charge on any atom is -0.373 e. The van der Waals surface area contributed by atoms with Crippen molar-refractivity contribution in [3.63, 3.8) is 0 Å². The van der Waals surface area contributed by atoms with Gasteiger partial charge in [0.05, 0.1) is 33.9 Å². The molecule has 5 rings (SSSR count). The van der Waals surface area contributed by atoms with Crippen LogP contribution in [0.5, 0.6) is 0 Å². The molecule has 2 amide bonds. The Labute approximate surface area is 219 Å². The quantitative estimate of drug-likeness (QED) is 0.553. The normalized spacial score (nSPS) is 20.7. The maximum absolute atomic E-state index is 13.0. The molecule has 1 saturated heterocycles. The van der Waals surface area contributed by atoms with E-state index in [-0.39, 0.29) is 11.8 Å². The zero-order chi connectivity index (χ0) is 25.4. The Balaban J connectivity index is 1.23. The third-order valence-corrected chi connectivity index (χ3v) is 6.74. The third-order valence-electron chi connectivity index (χ3n) is 6.24. The molecule has 2 aromatic carbocycles. The molecule has 0 aliphatic carbocycles. The number of carbonyl (C=O) groups is 2. The van der Waals surface area contributed by atoms with Gasteiger partial charge in [0.1, 0.15) is 0 Å². The molecule has 0 N–H and O–H groups in total. The molecule has 2 aromatic rings. The lowest BCUT2D eigenvalue weighted by atomic mass is 10.1. The van der Waals surface area contributed by atoms with E-state index in [0.717, 1.165) is 0 Å². The van der Waals surface area contributed by atoms with Crippen LogP contribution in [0.15, 0.2) is 82.3 Å². The SMILES string of the molecule is CC1=NN(c2ccc(Cl)cc2)C(=O)/C1=C/N1CCN(/C=C2/C(=O)N(c3ccc(Cl)cc3)N=C2C)CC1. The molecular weight excluding hydrogens is 499 g/mol. The van der Waals surface area contributed by atoms with E-state index in [1.807, 2.05) is 26.2 Å².